The molecule has 0 amide bonds. The topological polar surface area (TPSA) is 46.6 Å². The molecule has 0 bridgehead atoms. The van der Waals surface area contributed by atoms with E-state index in [4.69, 9.17) is 0 Å². The standard InChI is InChI=1S/C7H15NO3S/c1-6-5-11-12(9,10)8(6)7(2,3)4/h6H,5H2,1-4H3/t6-/m1/s1. The third-order valence-electron chi connectivity index (χ3n) is 1.76. The highest BCUT2D eigenvalue weighted by Gasteiger charge is 2.42. The van der Waals surface area contributed by atoms with Crippen LogP contribution in [0.4, 0.5) is 0 Å². The van der Waals surface area contributed by atoms with Gasteiger partial charge in [-0.2, -0.15) is 12.7 Å². The maximum absolute atomic E-state index is 11.3. The van der Waals surface area contributed by atoms with Gasteiger partial charge >= 0.3 is 10.3 Å². The van der Waals surface area contributed by atoms with Crippen LogP contribution in [0.3, 0.4) is 0 Å². The fourth-order valence-corrected chi connectivity index (χ4v) is 3.18. The van der Waals surface area contributed by atoms with Gasteiger partial charge in [0.25, 0.3) is 0 Å². The van der Waals surface area contributed by atoms with Crippen molar-refractivity contribution < 1.29 is 12.6 Å². The molecule has 1 rings (SSSR count). The summed E-state index contributed by atoms with van der Waals surface area (Å²) >= 11 is 0. The summed E-state index contributed by atoms with van der Waals surface area (Å²) in [4.78, 5) is 0. The molecule has 1 fully saturated rings. The minimum absolute atomic E-state index is 0.0602. The Morgan fingerprint density at radius 2 is 1.92 bits per heavy atom. The summed E-state index contributed by atoms with van der Waals surface area (Å²) in [7, 11) is -3.46. The molecule has 0 aromatic heterocycles. The van der Waals surface area contributed by atoms with Gasteiger partial charge in [-0.3, -0.25) is 4.18 Å². The monoisotopic (exact) mass is 193 g/mol. The lowest BCUT2D eigenvalue weighted by molar-refractivity contribution is 0.218. The van der Waals surface area contributed by atoms with Gasteiger partial charge in [-0.05, 0) is 27.7 Å². The molecule has 0 saturated carbocycles. The predicted octanol–water partition coefficient (Wildman–Crippen LogP) is 0.750. The van der Waals surface area contributed by atoms with Gasteiger partial charge in [0.1, 0.15) is 0 Å². The zero-order chi connectivity index (χ0) is 9.57. The van der Waals surface area contributed by atoms with Gasteiger partial charge in [0.05, 0.1) is 6.61 Å². The number of hydrogen-bond donors (Lipinski definition) is 0. The Hall–Kier alpha value is -0.130. The average molecular weight is 193 g/mol. The molecule has 0 aromatic carbocycles. The van der Waals surface area contributed by atoms with E-state index in [9.17, 15) is 8.42 Å². The molecule has 0 aliphatic carbocycles. The predicted molar refractivity (Wildman–Crippen MR) is 45.9 cm³/mol. The van der Waals surface area contributed by atoms with Crippen LogP contribution in [0.1, 0.15) is 27.7 Å². The Kier molecular flexibility index (Phi) is 2.22. The van der Waals surface area contributed by atoms with Gasteiger partial charge in [-0.25, -0.2) is 0 Å². The zero-order valence-corrected chi connectivity index (χ0v) is 8.68. The van der Waals surface area contributed by atoms with Crippen LogP contribution >= 0.6 is 0 Å². The van der Waals surface area contributed by atoms with E-state index in [-0.39, 0.29) is 12.6 Å². The Labute approximate surface area is 73.8 Å². The zero-order valence-electron chi connectivity index (χ0n) is 7.86. The van der Waals surface area contributed by atoms with Crippen LogP contribution in [-0.4, -0.2) is 30.9 Å². The molecule has 1 saturated heterocycles. The van der Waals surface area contributed by atoms with Crippen LogP contribution in [0.15, 0.2) is 0 Å². The molecule has 1 aliphatic rings. The van der Waals surface area contributed by atoms with Gasteiger partial charge in [-0.1, -0.05) is 0 Å². The molecule has 4 nitrogen and oxygen atoms in total. The minimum atomic E-state index is -3.46. The van der Waals surface area contributed by atoms with Crippen molar-refractivity contribution in [1.29, 1.82) is 0 Å². The normalized spacial score (nSPS) is 30.8. The van der Waals surface area contributed by atoms with E-state index in [1.807, 2.05) is 27.7 Å². The number of nitrogens with zero attached hydrogens (tertiary/aromatic N) is 1. The molecule has 0 N–H and O–H groups in total. The van der Waals surface area contributed by atoms with Crippen molar-refractivity contribution in [1.82, 2.24) is 4.31 Å². The molecule has 12 heavy (non-hydrogen) atoms. The fraction of sp³-hybridized carbons (Fsp3) is 1.00. The summed E-state index contributed by atoms with van der Waals surface area (Å²) in [5, 5.41) is 0. The summed E-state index contributed by atoms with van der Waals surface area (Å²) in [6, 6.07) is -0.0602. The molecule has 1 heterocycles. The largest absolute Gasteiger partial charge is 0.339 e. The highest BCUT2D eigenvalue weighted by Crippen LogP contribution is 2.27. The van der Waals surface area contributed by atoms with E-state index in [2.05, 4.69) is 4.18 Å². The lowest BCUT2D eigenvalue weighted by Crippen LogP contribution is -2.46. The van der Waals surface area contributed by atoms with Crippen LogP contribution in [0, 0.1) is 0 Å². The minimum Gasteiger partial charge on any atom is -0.256 e. The van der Waals surface area contributed by atoms with Crippen LogP contribution in [-0.2, 0) is 14.5 Å². The van der Waals surface area contributed by atoms with Gasteiger partial charge in [0.15, 0.2) is 0 Å². The summed E-state index contributed by atoms with van der Waals surface area (Å²) in [6.07, 6.45) is 0. The molecule has 5 heteroatoms. The van der Waals surface area contributed by atoms with Crippen molar-refractivity contribution >= 4 is 10.3 Å². The van der Waals surface area contributed by atoms with Crippen molar-refractivity contribution in [3.63, 3.8) is 0 Å². The fourth-order valence-electron chi connectivity index (χ4n) is 1.53. The van der Waals surface area contributed by atoms with E-state index in [1.165, 1.54) is 4.31 Å². The van der Waals surface area contributed by atoms with Crippen molar-refractivity contribution in [2.45, 2.75) is 39.3 Å². The van der Waals surface area contributed by atoms with Crippen molar-refractivity contribution in [3.8, 4) is 0 Å². The van der Waals surface area contributed by atoms with Crippen LogP contribution in [0.25, 0.3) is 0 Å². The summed E-state index contributed by atoms with van der Waals surface area (Å²) < 4.78 is 28.7. The second kappa shape index (κ2) is 2.68. The highest BCUT2D eigenvalue weighted by molar-refractivity contribution is 7.84. The SMILES string of the molecule is C[C@@H]1COS(=O)(=O)N1C(C)(C)C. The second-order valence-corrected chi connectivity index (χ2v) is 5.54. The molecule has 1 atom stereocenters. The van der Waals surface area contributed by atoms with E-state index in [0.29, 0.717) is 0 Å². The van der Waals surface area contributed by atoms with Crippen molar-refractivity contribution in [2.75, 3.05) is 6.61 Å². The Morgan fingerprint density at radius 3 is 2.08 bits per heavy atom. The lowest BCUT2D eigenvalue weighted by Gasteiger charge is -2.31. The summed E-state index contributed by atoms with van der Waals surface area (Å²) in [5.41, 5.74) is -0.394. The Morgan fingerprint density at radius 1 is 1.42 bits per heavy atom. The molecule has 0 radical (unpaired) electrons. The van der Waals surface area contributed by atoms with Gasteiger partial charge in [0.2, 0.25) is 0 Å². The molecule has 0 spiro atoms. The molecule has 72 valence electrons. The first-order valence-electron chi connectivity index (χ1n) is 3.94. The second-order valence-electron chi connectivity index (χ2n) is 4.06. The van der Waals surface area contributed by atoms with E-state index in [0.717, 1.165) is 0 Å². The maximum Gasteiger partial charge on any atom is 0.339 e. The van der Waals surface area contributed by atoms with Crippen LogP contribution < -0.4 is 0 Å². The number of hydrogen-bond acceptors (Lipinski definition) is 3. The highest BCUT2D eigenvalue weighted by atomic mass is 32.2. The van der Waals surface area contributed by atoms with Gasteiger partial charge < -0.3 is 0 Å². The molecular weight excluding hydrogens is 178 g/mol. The molecule has 0 aromatic rings. The van der Waals surface area contributed by atoms with E-state index < -0.39 is 15.8 Å². The van der Waals surface area contributed by atoms with E-state index >= 15 is 0 Å². The Balaban J connectivity index is 3.02. The maximum atomic E-state index is 11.3. The lowest BCUT2D eigenvalue weighted by atomic mass is 10.1. The van der Waals surface area contributed by atoms with Gasteiger partial charge in [-0.15, -0.1) is 0 Å². The molecular formula is C7H15NO3S. The molecule has 0 unspecified atom stereocenters. The number of rotatable bonds is 0. The van der Waals surface area contributed by atoms with E-state index in [1.54, 1.807) is 0 Å². The quantitative estimate of drug-likeness (QED) is 0.570. The van der Waals surface area contributed by atoms with Crippen molar-refractivity contribution in [2.24, 2.45) is 0 Å². The molecule has 1 aliphatic heterocycles. The first-order chi connectivity index (χ1) is 5.25. The first-order valence-corrected chi connectivity index (χ1v) is 5.30. The smallest absolute Gasteiger partial charge is 0.256 e. The third kappa shape index (κ3) is 1.62. The summed E-state index contributed by atoms with van der Waals surface area (Å²) in [5.74, 6) is 0. The van der Waals surface area contributed by atoms with Crippen LogP contribution in [0.2, 0.25) is 0 Å². The summed E-state index contributed by atoms with van der Waals surface area (Å²) in [6.45, 7) is 7.68. The van der Waals surface area contributed by atoms with Crippen molar-refractivity contribution in [3.05, 3.63) is 0 Å². The Bertz CT molecular complexity index is 265. The third-order valence-corrected chi connectivity index (χ3v) is 3.58. The van der Waals surface area contributed by atoms with Gasteiger partial charge in [0, 0.05) is 11.6 Å². The first kappa shape index (κ1) is 9.95. The average Bonchev–Trinajstić information content (AvgIpc) is 2.03. The van der Waals surface area contributed by atoms with Crippen LogP contribution in [0.5, 0.6) is 0 Å².